The highest BCUT2D eigenvalue weighted by atomic mass is 16.5. The van der Waals surface area contributed by atoms with Gasteiger partial charge in [0.2, 0.25) is 0 Å². The van der Waals surface area contributed by atoms with Crippen molar-refractivity contribution in [2.45, 2.75) is 51.7 Å². The predicted octanol–water partition coefficient (Wildman–Crippen LogP) is 2.72. The van der Waals surface area contributed by atoms with Crippen LogP contribution >= 0.6 is 0 Å². The maximum absolute atomic E-state index is 5.90. The Morgan fingerprint density at radius 2 is 2.24 bits per heavy atom. The van der Waals surface area contributed by atoms with Gasteiger partial charge in [0.15, 0.2) is 12.4 Å². The van der Waals surface area contributed by atoms with Gasteiger partial charge in [-0.1, -0.05) is 22.9 Å². The molecule has 112 valence electrons. The molecule has 1 atom stereocenters. The van der Waals surface area contributed by atoms with Crippen LogP contribution in [0.2, 0.25) is 0 Å². The number of nitrogens with two attached hydrogens (primary N) is 1. The molecular weight excluding hydrogens is 266 g/mol. The average Bonchev–Trinajstić information content (AvgIpc) is 3.17. The normalized spacial score (nSPS) is 16.0. The van der Waals surface area contributed by atoms with Crippen LogP contribution in [0, 0.1) is 6.92 Å². The van der Waals surface area contributed by atoms with Crippen LogP contribution in [0.25, 0.3) is 0 Å². The second kappa shape index (κ2) is 5.85. The number of hydrogen-bond donors (Lipinski definition) is 1. The van der Waals surface area contributed by atoms with E-state index in [1.54, 1.807) is 0 Å². The van der Waals surface area contributed by atoms with E-state index < -0.39 is 0 Å². The average molecular weight is 287 g/mol. The van der Waals surface area contributed by atoms with Gasteiger partial charge >= 0.3 is 0 Å². The summed E-state index contributed by atoms with van der Waals surface area (Å²) in [5.41, 5.74) is 8.22. The molecule has 0 aliphatic heterocycles. The molecule has 1 aromatic heterocycles. The van der Waals surface area contributed by atoms with Crippen LogP contribution in [0.15, 0.2) is 22.7 Å². The number of ether oxygens (including phenoxy) is 1. The molecule has 2 aromatic rings. The predicted molar refractivity (Wildman–Crippen MR) is 79.1 cm³/mol. The highest BCUT2D eigenvalue weighted by Crippen LogP contribution is 2.38. The quantitative estimate of drug-likeness (QED) is 0.884. The number of rotatable bonds is 6. The van der Waals surface area contributed by atoms with Crippen molar-refractivity contribution in [1.29, 1.82) is 0 Å². The molecule has 1 saturated carbocycles. The minimum absolute atomic E-state index is 0.0963. The zero-order valence-electron chi connectivity index (χ0n) is 12.5. The Morgan fingerprint density at radius 1 is 1.43 bits per heavy atom. The highest BCUT2D eigenvalue weighted by Gasteiger charge is 2.28. The molecule has 21 heavy (non-hydrogen) atoms. The molecule has 0 bridgehead atoms. The van der Waals surface area contributed by atoms with Gasteiger partial charge in [-0.05, 0) is 44.7 Å². The first-order valence-corrected chi connectivity index (χ1v) is 7.42. The topological polar surface area (TPSA) is 74.2 Å². The Morgan fingerprint density at radius 3 is 2.95 bits per heavy atom. The van der Waals surface area contributed by atoms with E-state index in [9.17, 15) is 0 Å². The summed E-state index contributed by atoms with van der Waals surface area (Å²) in [5.74, 6) is 2.68. The first-order chi connectivity index (χ1) is 10.1. The van der Waals surface area contributed by atoms with Gasteiger partial charge in [0.25, 0.3) is 5.89 Å². The van der Waals surface area contributed by atoms with Crippen molar-refractivity contribution in [1.82, 2.24) is 10.1 Å². The van der Waals surface area contributed by atoms with Crippen molar-refractivity contribution < 1.29 is 9.26 Å². The Labute approximate surface area is 124 Å². The van der Waals surface area contributed by atoms with Crippen molar-refractivity contribution in [3.8, 4) is 5.75 Å². The third-order valence-electron chi connectivity index (χ3n) is 3.54. The maximum Gasteiger partial charge on any atom is 0.264 e. The van der Waals surface area contributed by atoms with E-state index in [4.69, 9.17) is 15.0 Å². The summed E-state index contributed by atoms with van der Waals surface area (Å²) in [6.45, 7) is 4.36. The molecule has 0 saturated heterocycles. The largest absolute Gasteiger partial charge is 0.483 e. The number of aryl methyl sites for hydroxylation is 1. The van der Waals surface area contributed by atoms with Crippen LogP contribution in [-0.2, 0) is 13.0 Å². The SMILES string of the molecule is Cc1ccc(OCc2nc(C3CC3)no2)c(CC(C)N)c1. The van der Waals surface area contributed by atoms with E-state index in [2.05, 4.69) is 23.1 Å². The molecular formula is C16H21N3O2. The lowest BCUT2D eigenvalue weighted by Gasteiger charge is -2.12. The van der Waals surface area contributed by atoms with Gasteiger partial charge in [-0.15, -0.1) is 0 Å². The standard InChI is InChI=1S/C16H21N3O2/c1-10-3-6-14(13(7-10)8-11(2)17)20-9-15-18-16(19-21-15)12-4-5-12/h3,6-7,11-12H,4-5,8-9,17H2,1-2H3. The van der Waals surface area contributed by atoms with Gasteiger partial charge in [-0.25, -0.2) is 0 Å². The minimum atomic E-state index is 0.0963. The molecule has 5 nitrogen and oxygen atoms in total. The van der Waals surface area contributed by atoms with Crippen LogP contribution in [-0.4, -0.2) is 16.2 Å². The van der Waals surface area contributed by atoms with Crippen LogP contribution in [0.5, 0.6) is 5.75 Å². The fourth-order valence-corrected chi connectivity index (χ4v) is 2.33. The number of benzene rings is 1. The second-order valence-electron chi connectivity index (χ2n) is 5.90. The molecule has 1 heterocycles. The molecule has 1 aliphatic rings. The molecule has 3 rings (SSSR count). The van der Waals surface area contributed by atoms with Gasteiger partial charge in [-0.3, -0.25) is 0 Å². The smallest absolute Gasteiger partial charge is 0.264 e. The van der Waals surface area contributed by atoms with Crippen molar-refractivity contribution in [3.05, 3.63) is 41.0 Å². The summed E-state index contributed by atoms with van der Waals surface area (Å²) < 4.78 is 11.1. The summed E-state index contributed by atoms with van der Waals surface area (Å²) in [5, 5.41) is 3.99. The molecule has 1 aromatic carbocycles. The summed E-state index contributed by atoms with van der Waals surface area (Å²) >= 11 is 0. The third-order valence-corrected chi connectivity index (χ3v) is 3.54. The molecule has 2 N–H and O–H groups in total. The molecule has 1 fully saturated rings. The fraction of sp³-hybridized carbons (Fsp3) is 0.500. The van der Waals surface area contributed by atoms with E-state index in [0.717, 1.165) is 36.4 Å². The number of aromatic nitrogens is 2. The van der Waals surface area contributed by atoms with Crippen molar-refractivity contribution >= 4 is 0 Å². The minimum Gasteiger partial charge on any atom is -0.483 e. The molecule has 1 aliphatic carbocycles. The monoisotopic (exact) mass is 287 g/mol. The van der Waals surface area contributed by atoms with E-state index in [1.165, 1.54) is 5.56 Å². The second-order valence-corrected chi connectivity index (χ2v) is 5.90. The number of nitrogens with zero attached hydrogens (tertiary/aromatic N) is 2. The zero-order chi connectivity index (χ0) is 14.8. The maximum atomic E-state index is 5.90. The molecule has 0 amide bonds. The number of hydrogen-bond acceptors (Lipinski definition) is 5. The highest BCUT2D eigenvalue weighted by molar-refractivity contribution is 5.37. The Balaban J connectivity index is 1.68. The van der Waals surface area contributed by atoms with Crippen molar-refractivity contribution in [2.24, 2.45) is 5.73 Å². The molecule has 0 radical (unpaired) electrons. The Bertz CT molecular complexity index is 618. The van der Waals surface area contributed by atoms with Gasteiger partial charge in [-0.2, -0.15) is 4.98 Å². The lowest BCUT2D eigenvalue weighted by Crippen LogP contribution is -2.18. The Kier molecular flexibility index (Phi) is 3.92. The molecule has 5 heteroatoms. The lowest BCUT2D eigenvalue weighted by atomic mass is 10.0. The van der Waals surface area contributed by atoms with Crippen LogP contribution in [0.3, 0.4) is 0 Å². The van der Waals surface area contributed by atoms with Crippen molar-refractivity contribution in [3.63, 3.8) is 0 Å². The third kappa shape index (κ3) is 3.61. The van der Waals surface area contributed by atoms with Crippen molar-refractivity contribution in [2.75, 3.05) is 0 Å². The lowest BCUT2D eigenvalue weighted by molar-refractivity contribution is 0.240. The fourth-order valence-electron chi connectivity index (χ4n) is 2.33. The van der Waals surface area contributed by atoms with E-state index in [0.29, 0.717) is 18.4 Å². The van der Waals surface area contributed by atoms with Gasteiger partial charge in [0.1, 0.15) is 5.75 Å². The van der Waals surface area contributed by atoms with E-state index in [-0.39, 0.29) is 6.04 Å². The van der Waals surface area contributed by atoms with E-state index >= 15 is 0 Å². The first kappa shape index (κ1) is 14.1. The van der Waals surface area contributed by atoms with E-state index in [1.807, 2.05) is 19.1 Å². The van der Waals surface area contributed by atoms with Crippen LogP contribution < -0.4 is 10.5 Å². The van der Waals surface area contributed by atoms with Gasteiger partial charge < -0.3 is 15.0 Å². The summed E-state index contributed by atoms with van der Waals surface area (Å²) in [6, 6.07) is 6.22. The molecule has 1 unspecified atom stereocenters. The van der Waals surface area contributed by atoms with Gasteiger partial charge in [0, 0.05) is 12.0 Å². The Hall–Kier alpha value is -1.88. The van der Waals surface area contributed by atoms with Gasteiger partial charge in [0.05, 0.1) is 0 Å². The summed E-state index contributed by atoms with van der Waals surface area (Å²) in [7, 11) is 0. The molecule has 0 spiro atoms. The van der Waals surface area contributed by atoms with Crippen LogP contribution in [0.1, 0.15) is 48.5 Å². The summed E-state index contributed by atoms with van der Waals surface area (Å²) in [4.78, 5) is 4.37. The summed E-state index contributed by atoms with van der Waals surface area (Å²) in [6.07, 6.45) is 3.11. The van der Waals surface area contributed by atoms with Crippen LogP contribution in [0.4, 0.5) is 0 Å². The zero-order valence-corrected chi connectivity index (χ0v) is 12.5. The first-order valence-electron chi connectivity index (χ1n) is 7.42.